The van der Waals surface area contributed by atoms with Crippen molar-refractivity contribution in [2.75, 3.05) is 13.1 Å². The lowest BCUT2D eigenvalue weighted by molar-refractivity contribution is 0.0992. The monoisotopic (exact) mass is 266 g/mol. The molecule has 0 aliphatic carbocycles. The molecule has 1 fully saturated rings. The zero-order valence-corrected chi connectivity index (χ0v) is 11.6. The SMILES string of the molecule is CCC1CCCCN1CCC(O)c1ccc(F)cn1. The molecule has 1 aliphatic rings. The molecule has 0 spiro atoms. The maximum Gasteiger partial charge on any atom is 0.141 e. The molecule has 0 amide bonds. The molecule has 1 aromatic rings. The molecule has 4 heteroatoms. The molecule has 0 aromatic carbocycles. The van der Waals surface area contributed by atoms with Crippen LogP contribution in [0.2, 0.25) is 0 Å². The van der Waals surface area contributed by atoms with Gasteiger partial charge in [0.1, 0.15) is 5.82 Å². The number of nitrogens with zero attached hydrogens (tertiary/aromatic N) is 2. The third-order valence-electron chi connectivity index (χ3n) is 4.00. The fourth-order valence-electron chi connectivity index (χ4n) is 2.84. The number of piperidine rings is 1. The van der Waals surface area contributed by atoms with E-state index in [0.717, 1.165) is 19.3 Å². The van der Waals surface area contributed by atoms with Crippen molar-refractivity contribution >= 4 is 0 Å². The Labute approximate surface area is 114 Å². The van der Waals surface area contributed by atoms with Gasteiger partial charge in [0.15, 0.2) is 0 Å². The van der Waals surface area contributed by atoms with E-state index in [0.29, 0.717) is 18.2 Å². The third kappa shape index (κ3) is 3.98. The van der Waals surface area contributed by atoms with E-state index >= 15 is 0 Å². The standard InChI is InChI=1S/C15H23FN2O/c1-2-13-5-3-4-9-18(13)10-8-15(19)14-7-6-12(16)11-17-14/h6-7,11,13,15,19H,2-5,8-10H2,1H3. The van der Waals surface area contributed by atoms with Crippen LogP contribution in [0.15, 0.2) is 18.3 Å². The number of rotatable bonds is 5. The van der Waals surface area contributed by atoms with Crippen molar-refractivity contribution in [3.8, 4) is 0 Å². The molecule has 0 bridgehead atoms. The largest absolute Gasteiger partial charge is 0.387 e. The summed E-state index contributed by atoms with van der Waals surface area (Å²) in [7, 11) is 0. The number of hydrogen-bond donors (Lipinski definition) is 1. The third-order valence-corrected chi connectivity index (χ3v) is 4.00. The Morgan fingerprint density at radius 1 is 1.47 bits per heavy atom. The summed E-state index contributed by atoms with van der Waals surface area (Å²) in [5.41, 5.74) is 0.562. The Kier molecular flexibility index (Phi) is 5.28. The lowest BCUT2D eigenvalue weighted by Crippen LogP contribution is -2.40. The van der Waals surface area contributed by atoms with Crippen LogP contribution < -0.4 is 0 Å². The lowest BCUT2D eigenvalue weighted by Gasteiger charge is -2.35. The van der Waals surface area contributed by atoms with Crippen molar-refractivity contribution < 1.29 is 9.50 Å². The summed E-state index contributed by atoms with van der Waals surface area (Å²) in [5.74, 6) is -0.363. The molecule has 1 N–H and O–H groups in total. The fourth-order valence-corrected chi connectivity index (χ4v) is 2.84. The maximum absolute atomic E-state index is 12.8. The molecule has 19 heavy (non-hydrogen) atoms. The van der Waals surface area contributed by atoms with Crippen LogP contribution in [-0.4, -0.2) is 34.1 Å². The summed E-state index contributed by atoms with van der Waals surface area (Å²) in [6.07, 6.45) is 6.23. The first-order valence-corrected chi connectivity index (χ1v) is 7.24. The summed E-state index contributed by atoms with van der Waals surface area (Å²) in [5, 5.41) is 10.1. The number of aliphatic hydroxyl groups is 1. The van der Waals surface area contributed by atoms with Gasteiger partial charge < -0.3 is 10.0 Å². The van der Waals surface area contributed by atoms with Gasteiger partial charge in [0.05, 0.1) is 18.0 Å². The second-order valence-corrected chi connectivity index (χ2v) is 5.30. The van der Waals surface area contributed by atoms with Crippen LogP contribution in [0.4, 0.5) is 4.39 Å². The van der Waals surface area contributed by atoms with Crippen molar-refractivity contribution in [1.29, 1.82) is 0 Å². The first kappa shape index (κ1) is 14.4. The minimum absolute atomic E-state index is 0.363. The smallest absolute Gasteiger partial charge is 0.141 e. The molecule has 0 saturated carbocycles. The van der Waals surface area contributed by atoms with Gasteiger partial charge >= 0.3 is 0 Å². The van der Waals surface area contributed by atoms with Crippen LogP contribution in [0, 0.1) is 5.82 Å². The minimum Gasteiger partial charge on any atom is -0.387 e. The van der Waals surface area contributed by atoms with E-state index in [-0.39, 0.29) is 5.82 Å². The van der Waals surface area contributed by atoms with E-state index in [1.165, 1.54) is 31.7 Å². The molecule has 2 heterocycles. The predicted molar refractivity (Wildman–Crippen MR) is 73.3 cm³/mol. The molecule has 0 radical (unpaired) electrons. The second kappa shape index (κ2) is 6.96. The zero-order chi connectivity index (χ0) is 13.7. The van der Waals surface area contributed by atoms with E-state index in [1.807, 2.05) is 0 Å². The van der Waals surface area contributed by atoms with Crippen LogP contribution in [-0.2, 0) is 0 Å². The Hall–Kier alpha value is -1.00. The summed E-state index contributed by atoms with van der Waals surface area (Å²) in [6, 6.07) is 3.57. The molecule has 1 saturated heterocycles. The van der Waals surface area contributed by atoms with Crippen molar-refractivity contribution in [2.24, 2.45) is 0 Å². The first-order valence-electron chi connectivity index (χ1n) is 7.24. The molecule has 2 unspecified atom stereocenters. The van der Waals surface area contributed by atoms with E-state index in [4.69, 9.17) is 0 Å². The fraction of sp³-hybridized carbons (Fsp3) is 0.667. The number of aromatic nitrogens is 1. The van der Waals surface area contributed by atoms with Gasteiger partial charge in [-0.3, -0.25) is 4.98 Å². The Morgan fingerprint density at radius 2 is 2.32 bits per heavy atom. The Balaban J connectivity index is 1.85. The van der Waals surface area contributed by atoms with E-state index in [9.17, 15) is 9.50 Å². The number of halogens is 1. The molecule has 1 aliphatic heterocycles. The normalized spacial score (nSPS) is 22.4. The number of pyridine rings is 1. The van der Waals surface area contributed by atoms with Gasteiger partial charge in [0, 0.05) is 12.6 Å². The number of aliphatic hydroxyl groups excluding tert-OH is 1. The molecule has 3 nitrogen and oxygen atoms in total. The van der Waals surface area contributed by atoms with Crippen LogP contribution in [0.5, 0.6) is 0 Å². The number of likely N-dealkylation sites (tertiary alicyclic amines) is 1. The van der Waals surface area contributed by atoms with E-state index < -0.39 is 6.10 Å². The highest BCUT2D eigenvalue weighted by Crippen LogP contribution is 2.22. The zero-order valence-electron chi connectivity index (χ0n) is 11.6. The van der Waals surface area contributed by atoms with E-state index in [2.05, 4.69) is 16.8 Å². The molecule has 106 valence electrons. The molecular formula is C15H23FN2O. The first-order chi connectivity index (χ1) is 9.20. The van der Waals surface area contributed by atoms with Gasteiger partial charge in [0.2, 0.25) is 0 Å². The quantitative estimate of drug-likeness (QED) is 0.890. The Morgan fingerprint density at radius 3 is 3.00 bits per heavy atom. The average Bonchev–Trinajstić information content (AvgIpc) is 2.45. The van der Waals surface area contributed by atoms with E-state index in [1.54, 1.807) is 6.07 Å². The summed E-state index contributed by atoms with van der Waals surface area (Å²) in [6.45, 7) is 4.24. The highest BCUT2D eigenvalue weighted by Gasteiger charge is 2.21. The van der Waals surface area contributed by atoms with Gasteiger partial charge in [0.25, 0.3) is 0 Å². The maximum atomic E-state index is 12.8. The molecule has 2 atom stereocenters. The van der Waals surface area contributed by atoms with Crippen molar-refractivity contribution in [2.45, 2.75) is 51.2 Å². The van der Waals surface area contributed by atoms with Crippen LogP contribution in [0.25, 0.3) is 0 Å². The lowest BCUT2D eigenvalue weighted by atomic mass is 9.99. The Bertz CT molecular complexity index is 382. The predicted octanol–water partition coefficient (Wildman–Crippen LogP) is 2.91. The highest BCUT2D eigenvalue weighted by molar-refractivity contribution is 5.08. The summed E-state index contributed by atoms with van der Waals surface area (Å²) >= 11 is 0. The molecule has 1 aromatic heterocycles. The van der Waals surface area contributed by atoms with Crippen molar-refractivity contribution in [3.05, 3.63) is 29.8 Å². The van der Waals surface area contributed by atoms with Gasteiger partial charge in [-0.05, 0) is 44.4 Å². The van der Waals surface area contributed by atoms with Gasteiger partial charge in [-0.1, -0.05) is 13.3 Å². The van der Waals surface area contributed by atoms with Gasteiger partial charge in [-0.2, -0.15) is 0 Å². The highest BCUT2D eigenvalue weighted by atomic mass is 19.1. The van der Waals surface area contributed by atoms with Gasteiger partial charge in [-0.15, -0.1) is 0 Å². The minimum atomic E-state index is -0.597. The number of hydrogen-bond acceptors (Lipinski definition) is 3. The van der Waals surface area contributed by atoms with Crippen LogP contribution >= 0.6 is 0 Å². The van der Waals surface area contributed by atoms with Crippen LogP contribution in [0.1, 0.15) is 50.8 Å². The van der Waals surface area contributed by atoms with Crippen molar-refractivity contribution in [1.82, 2.24) is 9.88 Å². The average molecular weight is 266 g/mol. The van der Waals surface area contributed by atoms with Gasteiger partial charge in [-0.25, -0.2) is 4.39 Å². The second-order valence-electron chi connectivity index (χ2n) is 5.30. The summed E-state index contributed by atoms with van der Waals surface area (Å²) < 4.78 is 12.8. The topological polar surface area (TPSA) is 36.4 Å². The summed E-state index contributed by atoms with van der Waals surface area (Å²) in [4.78, 5) is 6.41. The molecular weight excluding hydrogens is 243 g/mol. The van der Waals surface area contributed by atoms with Crippen molar-refractivity contribution in [3.63, 3.8) is 0 Å². The van der Waals surface area contributed by atoms with Crippen LogP contribution in [0.3, 0.4) is 0 Å². The molecule has 2 rings (SSSR count).